The van der Waals surface area contributed by atoms with Crippen LogP contribution in [0.15, 0.2) is 24.3 Å². The molecular formula is C20H24N4O4S2. The van der Waals surface area contributed by atoms with Gasteiger partial charge in [-0.05, 0) is 62.8 Å². The Morgan fingerprint density at radius 2 is 1.93 bits per heavy atom. The molecule has 1 aromatic heterocycles. The third kappa shape index (κ3) is 5.56. The van der Waals surface area contributed by atoms with Gasteiger partial charge in [0.1, 0.15) is 5.69 Å². The fourth-order valence-electron chi connectivity index (χ4n) is 3.52. The number of aliphatic hydroxyl groups is 1. The number of amides is 1. The Hall–Kier alpha value is -2.48. The van der Waals surface area contributed by atoms with Crippen molar-refractivity contribution in [2.24, 2.45) is 5.92 Å². The number of carbonyl (C=O) groups is 1. The Bertz CT molecular complexity index is 1050. The molecule has 1 aliphatic rings. The second-order valence-corrected chi connectivity index (χ2v) is 10.5. The van der Waals surface area contributed by atoms with E-state index in [1.807, 2.05) is 21.8 Å². The first-order chi connectivity index (χ1) is 14.2. The van der Waals surface area contributed by atoms with E-state index >= 15 is 0 Å². The van der Waals surface area contributed by atoms with Gasteiger partial charge in [0, 0.05) is 17.1 Å². The molecule has 0 unspecified atom stereocenters. The van der Waals surface area contributed by atoms with Gasteiger partial charge in [-0.15, -0.1) is 11.3 Å². The fraction of sp³-hybridized carbons (Fsp3) is 0.450. The van der Waals surface area contributed by atoms with Crippen LogP contribution in [0.5, 0.6) is 0 Å². The van der Waals surface area contributed by atoms with Gasteiger partial charge < -0.3 is 10.0 Å². The summed E-state index contributed by atoms with van der Waals surface area (Å²) >= 11 is 1.32. The first-order valence-electron chi connectivity index (χ1n) is 9.61. The molecule has 0 spiro atoms. The van der Waals surface area contributed by atoms with Gasteiger partial charge in [0.25, 0.3) is 5.91 Å². The number of nitriles is 1. The summed E-state index contributed by atoms with van der Waals surface area (Å²) in [6.07, 6.45) is 3.96. The minimum Gasteiger partial charge on any atom is -0.393 e. The van der Waals surface area contributed by atoms with Crippen LogP contribution in [0.4, 0.5) is 10.8 Å². The van der Waals surface area contributed by atoms with E-state index in [1.165, 1.54) is 11.3 Å². The van der Waals surface area contributed by atoms with Gasteiger partial charge in [-0.3, -0.25) is 4.79 Å². The van der Waals surface area contributed by atoms with Crippen molar-refractivity contribution in [3.05, 3.63) is 40.4 Å². The van der Waals surface area contributed by atoms with E-state index in [1.54, 1.807) is 19.1 Å². The van der Waals surface area contributed by atoms with Gasteiger partial charge in [0.05, 0.1) is 24.0 Å². The molecule has 2 aromatic rings. The van der Waals surface area contributed by atoms with Gasteiger partial charge in [-0.25, -0.2) is 18.1 Å². The van der Waals surface area contributed by atoms with E-state index in [4.69, 9.17) is 5.26 Å². The molecule has 1 heterocycles. The Morgan fingerprint density at radius 1 is 1.30 bits per heavy atom. The number of rotatable bonds is 6. The molecule has 160 valence electrons. The number of sulfonamides is 1. The molecule has 8 nitrogen and oxygen atoms in total. The average Bonchev–Trinajstić information content (AvgIpc) is 3.08. The maximum absolute atomic E-state index is 12.3. The normalized spacial score (nSPS) is 19.1. The predicted octanol–water partition coefficient (Wildman–Crippen LogP) is 2.70. The number of aromatic nitrogens is 1. The Balaban J connectivity index is 1.92. The number of nitrogens with one attached hydrogen (secondary N) is 1. The molecule has 1 aromatic carbocycles. The van der Waals surface area contributed by atoms with Crippen molar-refractivity contribution >= 4 is 38.1 Å². The van der Waals surface area contributed by atoms with Crippen molar-refractivity contribution in [3.8, 4) is 6.07 Å². The van der Waals surface area contributed by atoms with E-state index in [9.17, 15) is 18.3 Å². The zero-order valence-corrected chi connectivity index (χ0v) is 18.5. The van der Waals surface area contributed by atoms with Crippen LogP contribution in [-0.4, -0.2) is 43.3 Å². The molecule has 0 atom stereocenters. The molecule has 3 rings (SSSR count). The van der Waals surface area contributed by atoms with Crippen molar-refractivity contribution in [2.45, 2.75) is 38.7 Å². The summed E-state index contributed by atoms with van der Waals surface area (Å²) in [6, 6.07) is 9.23. The molecule has 1 fully saturated rings. The van der Waals surface area contributed by atoms with Gasteiger partial charge in [0.15, 0.2) is 5.13 Å². The lowest BCUT2D eigenvalue weighted by molar-refractivity contribution is 0.0976. The highest BCUT2D eigenvalue weighted by Crippen LogP contribution is 2.35. The van der Waals surface area contributed by atoms with Crippen LogP contribution in [-0.2, 0) is 10.0 Å². The number of thiazole rings is 1. The summed E-state index contributed by atoms with van der Waals surface area (Å²) in [6.45, 7) is 2.38. The number of anilines is 2. The first kappa shape index (κ1) is 22.2. The van der Waals surface area contributed by atoms with Crippen molar-refractivity contribution in [1.82, 2.24) is 9.71 Å². The summed E-state index contributed by atoms with van der Waals surface area (Å²) < 4.78 is 24.8. The minimum atomic E-state index is -3.69. The first-order valence-corrected chi connectivity index (χ1v) is 12.3. The highest BCUT2D eigenvalue weighted by atomic mass is 32.2. The molecule has 1 saturated carbocycles. The van der Waals surface area contributed by atoms with Crippen LogP contribution in [0.1, 0.15) is 46.6 Å². The van der Waals surface area contributed by atoms with E-state index < -0.39 is 15.9 Å². The van der Waals surface area contributed by atoms with E-state index in [0.717, 1.165) is 37.6 Å². The lowest BCUT2D eigenvalue weighted by Crippen LogP contribution is -2.31. The number of aryl methyl sites for hydroxylation is 1. The van der Waals surface area contributed by atoms with E-state index in [2.05, 4.69) is 11.1 Å². The monoisotopic (exact) mass is 448 g/mol. The molecule has 10 heteroatoms. The quantitative estimate of drug-likeness (QED) is 0.696. The van der Waals surface area contributed by atoms with Crippen LogP contribution >= 0.6 is 11.3 Å². The average molecular weight is 449 g/mol. The lowest BCUT2D eigenvalue weighted by atomic mass is 9.87. The number of benzene rings is 1. The van der Waals surface area contributed by atoms with Gasteiger partial charge in [-0.1, -0.05) is 0 Å². The standard InChI is InChI=1S/C20H24N4O4S2/c1-13-18(19(26)23-30(2,27)28)22-20(29-13)24(12-15-5-9-17(25)10-6-15)16-7-3-14(11-21)4-8-16/h3-4,7-8,15,17,25H,5-6,9-10,12H2,1-2H3,(H,23,26). The number of hydrogen-bond acceptors (Lipinski definition) is 8. The molecule has 2 N–H and O–H groups in total. The van der Waals surface area contributed by atoms with E-state index in [-0.39, 0.29) is 11.8 Å². The van der Waals surface area contributed by atoms with Crippen molar-refractivity contribution in [2.75, 3.05) is 17.7 Å². The second-order valence-electron chi connectivity index (χ2n) is 7.55. The van der Waals surface area contributed by atoms with Gasteiger partial charge in [0.2, 0.25) is 10.0 Å². The van der Waals surface area contributed by atoms with Crippen LogP contribution in [0.3, 0.4) is 0 Å². The largest absolute Gasteiger partial charge is 0.393 e. The van der Waals surface area contributed by atoms with Crippen LogP contribution in [0.25, 0.3) is 0 Å². The second kappa shape index (κ2) is 9.12. The van der Waals surface area contributed by atoms with E-state index in [0.29, 0.717) is 28.0 Å². The maximum Gasteiger partial charge on any atom is 0.284 e. The Kier molecular flexibility index (Phi) is 6.75. The van der Waals surface area contributed by atoms with Crippen LogP contribution < -0.4 is 9.62 Å². The predicted molar refractivity (Wildman–Crippen MR) is 115 cm³/mol. The molecular weight excluding hydrogens is 424 g/mol. The maximum atomic E-state index is 12.3. The highest BCUT2D eigenvalue weighted by molar-refractivity contribution is 7.89. The number of hydrogen-bond donors (Lipinski definition) is 2. The zero-order valence-electron chi connectivity index (χ0n) is 16.8. The highest BCUT2D eigenvalue weighted by Gasteiger charge is 2.26. The SMILES string of the molecule is Cc1sc(N(CC2CCC(O)CC2)c2ccc(C#N)cc2)nc1C(=O)NS(C)(=O)=O. The van der Waals surface area contributed by atoms with Crippen molar-refractivity contribution in [1.29, 1.82) is 5.26 Å². The summed E-state index contributed by atoms with van der Waals surface area (Å²) in [7, 11) is -3.69. The lowest BCUT2D eigenvalue weighted by Gasteiger charge is -2.31. The molecule has 1 aliphatic carbocycles. The molecule has 0 saturated heterocycles. The summed E-state index contributed by atoms with van der Waals surface area (Å²) in [5, 5.41) is 19.5. The zero-order chi connectivity index (χ0) is 21.9. The minimum absolute atomic E-state index is 0.0816. The summed E-state index contributed by atoms with van der Waals surface area (Å²) in [4.78, 5) is 19.4. The topological polar surface area (TPSA) is 123 Å². The fourth-order valence-corrected chi connectivity index (χ4v) is 4.89. The van der Waals surface area contributed by atoms with Gasteiger partial charge >= 0.3 is 0 Å². The van der Waals surface area contributed by atoms with Crippen molar-refractivity contribution < 1.29 is 18.3 Å². The third-order valence-electron chi connectivity index (χ3n) is 5.07. The summed E-state index contributed by atoms with van der Waals surface area (Å²) in [5.74, 6) is -0.403. The number of nitrogens with zero attached hydrogens (tertiary/aromatic N) is 3. The third-order valence-corrected chi connectivity index (χ3v) is 6.62. The molecule has 0 bridgehead atoms. The smallest absolute Gasteiger partial charge is 0.284 e. The molecule has 1 amide bonds. The Labute approximate surface area is 180 Å². The van der Waals surface area contributed by atoms with Crippen molar-refractivity contribution in [3.63, 3.8) is 0 Å². The Morgan fingerprint density at radius 3 is 2.50 bits per heavy atom. The van der Waals surface area contributed by atoms with Gasteiger partial charge in [-0.2, -0.15) is 5.26 Å². The molecule has 30 heavy (non-hydrogen) atoms. The summed E-state index contributed by atoms with van der Waals surface area (Å²) in [5.41, 5.74) is 1.46. The molecule has 0 aliphatic heterocycles. The van der Waals surface area contributed by atoms with Crippen LogP contribution in [0, 0.1) is 24.2 Å². The molecule has 0 radical (unpaired) electrons. The van der Waals surface area contributed by atoms with Crippen LogP contribution in [0.2, 0.25) is 0 Å². The number of carbonyl (C=O) groups excluding carboxylic acids is 1. The number of aliphatic hydroxyl groups excluding tert-OH is 1.